The molecule has 3 aromatic rings. The summed E-state index contributed by atoms with van der Waals surface area (Å²) in [6.07, 6.45) is 1.04. The molecule has 1 aliphatic heterocycles. The number of aromatic amines is 1. The molecule has 1 fully saturated rings. The van der Waals surface area contributed by atoms with E-state index in [0.29, 0.717) is 42.4 Å². The third-order valence-electron chi connectivity index (χ3n) is 6.23. The molecule has 0 bridgehead atoms. The molecule has 0 atom stereocenters. The summed E-state index contributed by atoms with van der Waals surface area (Å²) in [5, 5.41) is 13.1. The minimum absolute atomic E-state index is 0.00291. The topological polar surface area (TPSA) is 111 Å². The number of fused-ring (bicyclic) bond motifs is 1. The number of para-hydroxylation sites is 1. The highest BCUT2D eigenvalue weighted by Gasteiger charge is 2.27. The number of carboxylic acids is 1. The molecule has 4 N–H and O–H groups in total. The van der Waals surface area contributed by atoms with Crippen molar-refractivity contribution in [2.75, 3.05) is 13.1 Å². The van der Waals surface area contributed by atoms with Crippen LogP contribution < -0.4 is 10.0 Å². The molecule has 7 nitrogen and oxygen atoms in total. The van der Waals surface area contributed by atoms with Crippen molar-refractivity contribution in [1.82, 2.24) is 15.0 Å². The van der Waals surface area contributed by atoms with E-state index in [1.54, 1.807) is 6.07 Å². The number of carbonyl (C=O) groups is 1. The fraction of sp³-hybridized carbons (Fsp3) is 0.375. The summed E-state index contributed by atoms with van der Waals surface area (Å²) in [5.41, 5.74) is 2.74. The first-order chi connectivity index (χ1) is 15.7. The Balaban J connectivity index is 1.66. The van der Waals surface area contributed by atoms with Gasteiger partial charge in [0.05, 0.1) is 10.8 Å². The highest BCUT2D eigenvalue weighted by molar-refractivity contribution is 7.90. The summed E-state index contributed by atoms with van der Waals surface area (Å²) in [6, 6.07) is 10.0. The van der Waals surface area contributed by atoms with Crippen LogP contribution in [0.1, 0.15) is 54.2 Å². The summed E-state index contributed by atoms with van der Waals surface area (Å²) in [5.74, 6) is -1.55. The van der Waals surface area contributed by atoms with Crippen LogP contribution in [0.4, 0.5) is 4.39 Å². The first-order valence-electron chi connectivity index (χ1n) is 11.0. The summed E-state index contributed by atoms with van der Waals surface area (Å²) in [6.45, 7) is 5.17. The van der Waals surface area contributed by atoms with E-state index in [1.165, 1.54) is 12.1 Å². The van der Waals surface area contributed by atoms with Gasteiger partial charge in [-0.15, -0.1) is 0 Å². The Hall–Kier alpha value is -2.75. The van der Waals surface area contributed by atoms with Crippen molar-refractivity contribution in [3.63, 3.8) is 0 Å². The summed E-state index contributed by atoms with van der Waals surface area (Å²) in [4.78, 5) is 15.0. The Morgan fingerprint density at radius 2 is 1.94 bits per heavy atom. The predicted molar refractivity (Wildman–Crippen MR) is 126 cm³/mol. The molecule has 2 heterocycles. The lowest BCUT2D eigenvalue weighted by atomic mass is 9.96. The largest absolute Gasteiger partial charge is 0.477 e. The Morgan fingerprint density at radius 3 is 2.58 bits per heavy atom. The van der Waals surface area contributed by atoms with Gasteiger partial charge in [0.2, 0.25) is 10.0 Å². The van der Waals surface area contributed by atoms with Gasteiger partial charge in [-0.2, -0.15) is 0 Å². The second kappa shape index (κ2) is 9.24. The maximum Gasteiger partial charge on any atom is 0.352 e. The third-order valence-corrected chi connectivity index (χ3v) is 8.13. The summed E-state index contributed by atoms with van der Waals surface area (Å²) < 4.78 is 42.6. The lowest BCUT2D eigenvalue weighted by molar-refractivity contribution is 0.0692. The van der Waals surface area contributed by atoms with Gasteiger partial charge in [0.15, 0.2) is 0 Å². The molecule has 33 heavy (non-hydrogen) atoms. The van der Waals surface area contributed by atoms with Crippen LogP contribution in [0.25, 0.3) is 22.0 Å². The zero-order valence-electron chi connectivity index (χ0n) is 18.6. The molecule has 9 heteroatoms. The van der Waals surface area contributed by atoms with Crippen molar-refractivity contribution in [1.29, 1.82) is 0 Å². The van der Waals surface area contributed by atoms with E-state index in [4.69, 9.17) is 0 Å². The van der Waals surface area contributed by atoms with E-state index < -0.39 is 27.1 Å². The molecule has 0 amide bonds. The van der Waals surface area contributed by atoms with Crippen LogP contribution in [-0.2, 0) is 16.6 Å². The number of aromatic nitrogens is 1. The van der Waals surface area contributed by atoms with Crippen molar-refractivity contribution in [3.8, 4) is 11.1 Å². The van der Waals surface area contributed by atoms with Gasteiger partial charge in [-0.25, -0.2) is 22.3 Å². The van der Waals surface area contributed by atoms with Crippen LogP contribution in [0, 0.1) is 5.82 Å². The molecule has 1 aromatic heterocycles. The van der Waals surface area contributed by atoms with Crippen LogP contribution in [0.3, 0.4) is 0 Å². The van der Waals surface area contributed by atoms with E-state index in [-0.39, 0.29) is 23.7 Å². The number of rotatable bonds is 7. The van der Waals surface area contributed by atoms with Crippen molar-refractivity contribution in [3.05, 3.63) is 59.0 Å². The van der Waals surface area contributed by atoms with Crippen molar-refractivity contribution in [2.24, 2.45) is 0 Å². The number of piperidine rings is 1. The van der Waals surface area contributed by atoms with Gasteiger partial charge < -0.3 is 15.4 Å². The SMILES string of the molecule is CC(C)c1cccc2c(-c3ccc(CNS(=O)(=O)C4CCNCC4)c(F)c3)c(C(=O)O)[nH]c12. The molecular weight excluding hydrogens is 445 g/mol. The minimum atomic E-state index is -3.55. The van der Waals surface area contributed by atoms with Crippen LogP contribution in [0.2, 0.25) is 0 Å². The number of sulfonamides is 1. The van der Waals surface area contributed by atoms with Gasteiger partial charge >= 0.3 is 5.97 Å². The van der Waals surface area contributed by atoms with Crippen molar-refractivity contribution >= 4 is 26.9 Å². The number of hydrogen-bond donors (Lipinski definition) is 4. The highest BCUT2D eigenvalue weighted by Crippen LogP contribution is 2.36. The number of hydrogen-bond acceptors (Lipinski definition) is 4. The summed E-state index contributed by atoms with van der Waals surface area (Å²) in [7, 11) is -3.55. The van der Waals surface area contributed by atoms with E-state index in [0.717, 1.165) is 11.1 Å². The average molecular weight is 474 g/mol. The molecule has 0 spiro atoms. The van der Waals surface area contributed by atoms with Crippen LogP contribution in [0.15, 0.2) is 36.4 Å². The molecular formula is C24H28FN3O4S. The molecule has 1 saturated heterocycles. The lowest BCUT2D eigenvalue weighted by Crippen LogP contribution is -2.41. The minimum Gasteiger partial charge on any atom is -0.477 e. The molecule has 176 valence electrons. The Kier molecular flexibility index (Phi) is 6.56. The van der Waals surface area contributed by atoms with Gasteiger partial charge in [-0.1, -0.05) is 44.2 Å². The van der Waals surface area contributed by atoms with Crippen molar-refractivity contribution < 1.29 is 22.7 Å². The van der Waals surface area contributed by atoms with Crippen LogP contribution in [0.5, 0.6) is 0 Å². The Bertz CT molecular complexity index is 1290. The first-order valence-corrected chi connectivity index (χ1v) is 12.6. The molecule has 0 saturated carbocycles. The van der Waals surface area contributed by atoms with Crippen LogP contribution in [-0.4, -0.2) is 42.8 Å². The van der Waals surface area contributed by atoms with Gasteiger partial charge in [-0.05, 0) is 49.0 Å². The monoisotopic (exact) mass is 473 g/mol. The van der Waals surface area contributed by atoms with E-state index >= 15 is 0 Å². The zero-order chi connectivity index (χ0) is 23.8. The molecule has 0 unspecified atom stereocenters. The molecule has 2 aromatic carbocycles. The standard InChI is InChI=1S/C24H28FN3O4S/c1-14(2)18-4-3-5-19-21(23(24(29)30)28-22(18)19)15-6-7-16(20(25)12-15)13-27-33(31,32)17-8-10-26-11-9-17/h3-7,12,14,17,26-28H,8-11,13H2,1-2H3,(H,29,30). The van der Waals surface area contributed by atoms with Gasteiger partial charge in [0.1, 0.15) is 11.5 Å². The molecule has 1 aliphatic rings. The molecule has 4 rings (SSSR count). The number of halogens is 1. The molecule has 0 aliphatic carbocycles. The predicted octanol–water partition coefficient (Wildman–Crippen LogP) is 3.97. The third kappa shape index (κ3) is 4.66. The smallest absolute Gasteiger partial charge is 0.352 e. The highest BCUT2D eigenvalue weighted by atomic mass is 32.2. The number of nitrogens with one attached hydrogen (secondary N) is 3. The van der Waals surface area contributed by atoms with Crippen molar-refractivity contribution in [2.45, 2.75) is 44.4 Å². The summed E-state index contributed by atoms with van der Waals surface area (Å²) >= 11 is 0. The second-order valence-electron chi connectivity index (χ2n) is 8.73. The first kappa shape index (κ1) is 23.4. The zero-order valence-corrected chi connectivity index (χ0v) is 19.4. The maximum atomic E-state index is 15.0. The van der Waals surface area contributed by atoms with E-state index in [2.05, 4.69) is 15.0 Å². The maximum absolute atomic E-state index is 15.0. The fourth-order valence-corrected chi connectivity index (χ4v) is 5.88. The number of carboxylic acid groups (broad SMARTS) is 1. The number of aromatic carboxylic acids is 1. The van der Waals surface area contributed by atoms with E-state index in [9.17, 15) is 22.7 Å². The second-order valence-corrected chi connectivity index (χ2v) is 10.8. The van der Waals surface area contributed by atoms with Gasteiger partial charge in [0, 0.05) is 23.1 Å². The average Bonchev–Trinajstić information content (AvgIpc) is 3.19. The Labute approximate surface area is 192 Å². The fourth-order valence-electron chi connectivity index (χ4n) is 4.43. The van der Waals surface area contributed by atoms with Gasteiger partial charge in [0.25, 0.3) is 0 Å². The lowest BCUT2D eigenvalue weighted by Gasteiger charge is -2.23. The molecule has 0 radical (unpaired) electrons. The van der Waals surface area contributed by atoms with E-state index in [1.807, 2.05) is 32.0 Å². The number of H-pyrrole nitrogens is 1. The number of benzene rings is 2. The quantitative estimate of drug-likeness (QED) is 0.415. The normalized spacial score (nSPS) is 15.4. The van der Waals surface area contributed by atoms with Crippen LogP contribution >= 0.6 is 0 Å². The van der Waals surface area contributed by atoms with Gasteiger partial charge in [-0.3, -0.25) is 0 Å². The Morgan fingerprint density at radius 1 is 1.21 bits per heavy atom.